The van der Waals surface area contributed by atoms with Gasteiger partial charge in [-0.3, -0.25) is 9.78 Å². The van der Waals surface area contributed by atoms with Crippen LogP contribution in [-0.2, 0) is 0 Å². The summed E-state index contributed by atoms with van der Waals surface area (Å²) in [5, 5.41) is 6.50. The van der Waals surface area contributed by atoms with Crippen molar-refractivity contribution in [2.75, 3.05) is 5.32 Å². The molecule has 1 amide bonds. The maximum atomic E-state index is 12.2. The van der Waals surface area contributed by atoms with Crippen molar-refractivity contribution in [2.45, 2.75) is 57.0 Å². The van der Waals surface area contributed by atoms with E-state index in [1.165, 1.54) is 32.1 Å². The summed E-state index contributed by atoms with van der Waals surface area (Å²) in [5.74, 6) is 0.0128. The highest BCUT2D eigenvalue weighted by Crippen LogP contribution is 2.24. The molecule has 2 N–H and O–H groups in total. The molecule has 1 aromatic rings. The van der Waals surface area contributed by atoms with Gasteiger partial charge >= 0.3 is 0 Å². The monoisotopic (exact) mass is 259 g/mol. The fourth-order valence-corrected chi connectivity index (χ4v) is 2.62. The van der Waals surface area contributed by atoms with E-state index in [9.17, 15) is 4.79 Å². The molecule has 2 fully saturated rings. The second-order valence-corrected chi connectivity index (χ2v) is 5.69. The molecule has 0 aromatic carbocycles. The molecule has 4 heteroatoms. The summed E-state index contributed by atoms with van der Waals surface area (Å²) in [6, 6.07) is 2.84. The van der Waals surface area contributed by atoms with Crippen LogP contribution in [0.1, 0.15) is 55.3 Å². The van der Waals surface area contributed by atoms with Gasteiger partial charge in [0.25, 0.3) is 5.91 Å². The van der Waals surface area contributed by atoms with Gasteiger partial charge < -0.3 is 10.6 Å². The van der Waals surface area contributed by atoms with Crippen LogP contribution in [0.25, 0.3) is 0 Å². The van der Waals surface area contributed by atoms with E-state index in [0.717, 1.165) is 18.5 Å². The number of pyridine rings is 1. The van der Waals surface area contributed by atoms with Crippen LogP contribution in [0, 0.1) is 0 Å². The fourth-order valence-electron chi connectivity index (χ4n) is 2.62. The number of hydrogen-bond acceptors (Lipinski definition) is 3. The third-order valence-corrected chi connectivity index (χ3v) is 3.89. The summed E-state index contributed by atoms with van der Waals surface area (Å²) < 4.78 is 0. The Balaban J connectivity index is 1.61. The summed E-state index contributed by atoms with van der Waals surface area (Å²) in [6.45, 7) is 0. The summed E-state index contributed by atoms with van der Waals surface area (Å²) >= 11 is 0. The molecule has 1 heterocycles. The van der Waals surface area contributed by atoms with Crippen molar-refractivity contribution in [1.29, 1.82) is 0 Å². The topological polar surface area (TPSA) is 54.0 Å². The average Bonchev–Trinajstić information content (AvgIpc) is 3.24. The van der Waals surface area contributed by atoms with Crippen LogP contribution in [-0.4, -0.2) is 23.0 Å². The third-order valence-electron chi connectivity index (χ3n) is 3.89. The highest BCUT2D eigenvalue weighted by Gasteiger charge is 2.21. The van der Waals surface area contributed by atoms with Crippen molar-refractivity contribution in [1.82, 2.24) is 10.3 Å². The zero-order valence-corrected chi connectivity index (χ0v) is 11.2. The number of hydrogen-bond donors (Lipinski definition) is 2. The van der Waals surface area contributed by atoms with Crippen LogP contribution in [0.2, 0.25) is 0 Å². The maximum Gasteiger partial charge on any atom is 0.253 e. The Morgan fingerprint density at radius 1 is 1.05 bits per heavy atom. The lowest BCUT2D eigenvalue weighted by atomic mass is 9.95. The molecule has 2 saturated carbocycles. The number of aromatic nitrogens is 1. The Morgan fingerprint density at radius 2 is 1.84 bits per heavy atom. The number of anilines is 1. The first-order valence-electron chi connectivity index (χ1n) is 7.34. The first-order valence-corrected chi connectivity index (χ1v) is 7.34. The SMILES string of the molecule is O=C(NC1CCCCC1)c1cncc(NC2CC2)c1. The second-order valence-electron chi connectivity index (χ2n) is 5.69. The van der Waals surface area contributed by atoms with Crippen LogP contribution in [0.5, 0.6) is 0 Å². The predicted octanol–water partition coefficient (Wildman–Crippen LogP) is 2.72. The third kappa shape index (κ3) is 3.46. The smallest absolute Gasteiger partial charge is 0.253 e. The first kappa shape index (κ1) is 12.5. The van der Waals surface area contributed by atoms with E-state index < -0.39 is 0 Å². The van der Waals surface area contributed by atoms with E-state index in [4.69, 9.17) is 0 Å². The molecule has 0 atom stereocenters. The van der Waals surface area contributed by atoms with Gasteiger partial charge in [-0.25, -0.2) is 0 Å². The van der Waals surface area contributed by atoms with E-state index in [2.05, 4.69) is 15.6 Å². The molecule has 0 spiro atoms. The van der Waals surface area contributed by atoms with Gasteiger partial charge in [0, 0.05) is 24.5 Å². The largest absolute Gasteiger partial charge is 0.381 e. The minimum Gasteiger partial charge on any atom is -0.381 e. The van der Waals surface area contributed by atoms with Crippen LogP contribution in [0.4, 0.5) is 5.69 Å². The Bertz CT molecular complexity index is 450. The summed E-state index contributed by atoms with van der Waals surface area (Å²) in [5.41, 5.74) is 1.62. The van der Waals surface area contributed by atoms with Gasteiger partial charge in [-0.05, 0) is 31.7 Å². The molecular formula is C15H21N3O. The van der Waals surface area contributed by atoms with E-state index in [0.29, 0.717) is 17.6 Å². The molecule has 1 aromatic heterocycles. The van der Waals surface area contributed by atoms with E-state index in [1.807, 2.05) is 6.07 Å². The molecule has 19 heavy (non-hydrogen) atoms. The lowest BCUT2D eigenvalue weighted by Crippen LogP contribution is -2.36. The molecule has 0 aliphatic heterocycles. The standard InChI is InChI=1S/C15H21N3O/c19-15(18-12-4-2-1-3-5-12)11-8-14(10-16-9-11)17-13-6-7-13/h8-10,12-13,17H,1-7H2,(H,18,19). The predicted molar refractivity (Wildman–Crippen MR) is 75.2 cm³/mol. The van der Waals surface area contributed by atoms with Gasteiger partial charge in [0.05, 0.1) is 11.3 Å². The number of carbonyl (C=O) groups is 1. The minimum absolute atomic E-state index is 0.0128. The lowest BCUT2D eigenvalue weighted by Gasteiger charge is -2.22. The zero-order valence-electron chi connectivity index (χ0n) is 11.2. The van der Waals surface area contributed by atoms with E-state index >= 15 is 0 Å². The summed E-state index contributed by atoms with van der Waals surface area (Å²) in [7, 11) is 0. The molecule has 2 aliphatic carbocycles. The van der Waals surface area contributed by atoms with Crippen molar-refractivity contribution in [3.8, 4) is 0 Å². The lowest BCUT2D eigenvalue weighted by molar-refractivity contribution is 0.0927. The van der Waals surface area contributed by atoms with Crippen molar-refractivity contribution in [2.24, 2.45) is 0 Å². The van der Waals surface area contributed by atoms with Crippen LogP contribution in [0.3, 0.4) is 0 Å². The Labute approximate surface area is 114 Å². The number of rotatable bonds is 4. The Morgan fingerprint density at radius 3 is 2.58 bits per heavy atom. The number of amides is 1. The highest BCUT2D eigenvalue weighted by atomic mass is 16.1. The molecule has 3 rings (SSSR count). The normalized spacial score (nSPS) is 20.0. The second kappa shape index (κ2) is 5.59. The van der Waals surface area contributed by atoms with Crippen LogP contribution < -0.4 is 10.6 Å². The number of nitrogens with one attached hydrogen (secondary N) is 2. The summed E-state index contributed by atoms with van der Waals surface area (Å²) in [6.07, 6.45) is 11.9. The van der Waals surface area contributed by atoms with Crippen LogP contribution in [0.15, 0.2) is 18.5 Å². The molecule has 102 valence electrons. The number of nitrogens with zero attached hydrogens (tertiary/aromatic N) is 1. The van der Waals surface area contributed by atoms with Crippen molar-refractivity contribution < 1.29 is 4.79 Å². The van der Waals surface area contributed by atoms with Gasteiger partial charge in [-0.15, -0.1) is 0 Å². The maximum absolute atomic E-state index is 12.2. The van der Waals surface area contributed by atoms with Gasteiger partial charge in [-0.2, -0.15) is 0 Å². The summed E-state index contributed by atoms with van der Waals surface area (Å²) in [4.78, 5) is 16.3. The first-order chi connectivity index (χ1) is 9.31. The molecule has 0 bridgehead atoms. The molecule has 4 nitrogen and oxygen atoms in total. The Hall–Kier alpha value is -1.58. The van der Waals surface area contributed by atoms with Gasteiger partial charge in [-0.1, -0.05) is 19.3 Å². The van der Waals surface area contributed by atoms with Gasteiger partial charge in [0.2, 0.25) is 0 Å². The molecular weight excluding hydrogens is 238 g/mol. The highest BCUT2D eigenvalue weighted by molar-refractivity contribution is 5.94. The quantitative estimate of drug-likeness (QED) is 0.874. The molecule has 0 unspecified atom stereocenters. The molecule has 2 aliphatic rings. The Kier molecular flexibility index (Phi) is 3.67. The van der Waals surface area contributed by atoms with Crippen molar-refractivity contribution in [3.05, 3.63) is 24.0 Å². The van der Waals surface area contributed by atoms with Crippen molar-refractivity contribution in [3.63, 3.8) is 0 Å². The molecule has 0 radical (unpaired) electrons. The van der Waals surface area contributed by atoms with Gasteiger partial charge in [0.1, 0.15) is 0 Å². The van der Waals surface area contributed by atoms with Crippen molar-refractivity contribution >= 4 is 11.6 Å². The van der Waals surface area contributed by atoms with E-state index in [1.54, 1.807) is 12.4 Å². The fraction of sp³-hybridized carbons (Fsp3) is 0.600. The van der Waals surface area contributed by atoms with Gasteiger partial charge in [0.15, 0.2) is 0 Å². The zero-order chi connectivity index (χ0) is 13.1. The number of carbonyl (C=O) groups excluding carboxylic acids is 1. The van der Waals surface area contributed by atoms with Crippen LogP contribution >= 0.6 is 0 Å². The minimum atomic E-state index is 0.0128. The average molecular weight is 259 g/mol. The molecule has 0 saturated heterocycles. The van der Waals surface area contributed by atoms with E-state index in [-0.39, 0.29) is 5.91 Å².